The summed E-state index contributed by atoms with van der Waals surface area (Å²) < 4.78 is 0. The predicted octanol–water partition coefficient (Wildman–Crippen LogP) is 5.14. The van der Waals surface area contributed by atoms with Crippen LogP contribution in [-0.4, -0.2) is 36.0 Å². The molecule has 5 rings (SSSR count). The number of hydrogen-bond acceptors (Lipinski definition) is 3. The van der Waals surface area contributed by atoms with Gasteiger partial charge in [-0.05, 0) is 53.8 Å². The number of hydrogen-bond donors (Lipinski definition) is 0. The van der Waals surface area contributed by atoms with Gasteiger partial charge in [-0.15, -0.1) is 0 Å². The Morgan fingerprint density at radius 3 is 2.23 bits per heavy atom. The van der Waals surface area contributed by atoms with Crippen molar-refractivity contribution in [2.24, 2.45) is 4.99 Å². The van der Waals surface area contributed by atoms with Crippen LogP contribution in [0.2, 0.25) is 5.02 Å². The molecule has 0 bridgehead atoms. The first-order valence-electron chi connectivity index (χ1n) is 10.4. The van der Waals surface area contributed by atoms with E-state index in [-0.39, 0.29) is 17.2 Å². The van der Waals surface area contributed by atoms with Crippen molar-refractivity contribution in [1.82, 2.24) is 4.90 Å². The van der Waals surface area contributed by atoms with Crippen molar-refractivity contribution in [3.63, 3.8) is 0 Å². The highest BCUT2D eigenvalue weighted by molar-refractivity contribution is 6.30. The maximum Gasteiger partial charge on any atom is 0.261 e. The highest BCUT2D eigenvalue weighted by atomic mass is 35.5. The number of imide groups is 1. The molecule has 2 heterocycles. The summed E-state index contributed by atoms with van der Waals surface area (Å²) in [6.07, 6.45) is 3.36. The van der Waals surface area contributed by atoms with E-state index in [9.17, 15) is 9.59 Å². The van der Waals surface area contributed by atoms with Crippen LogP contribution in [0.5, 0.6) is 0 Å². The van der Waals surface area contributed by atoms with Crippen molar-refractivity contribution in [2.75, 3.05) is 13.1 Å². The molecule has 1 atom stereocenters. The molecule has 2 amide bonds. The molecule has 3 aromatic rings. The molecule has 0 aromatic heterocycles. The smallest absolute Gasteiger partial charge is 0.261 e. The maximum atomic E-state index is 12.7. The zero-order valence-electron chi connectivity index (χ0n) is 16.9. The summed E-state index contributed by atoms with van der Waals surface area (Å²) in [4.78, 5) is 31.5. The van der Waals surface area contributed by atoms with Gasteiger partial charge in [-0.2, -0.15) is 0 Å². The standard InChI is InChI=1S/C26H21ClN2O2/c27-20-12-10-19(11-13-20)26(17-28-16-18-6-1-4-9-23(18)26)14-5-15-29-24(30)21-7-2-3-8-22(21)25(29)31/h1-4,6-13,16H,5,14-15,17H2. The first-order chi connectivity index (χ1) is 15.1. The van der Waals surface area contributed by atoms with Gasteiger partial charge in [0.05, 0.1) is 17.7 Å². The molecule has 3 aromatic carbocycles. The molecule has 0 N–H and O–H groups in total. The van der Waals surface area contributed by atoms with E-state index < -0.39 is 0 Å². The normalized spacial score (nSPS) is 19.5. The minimum absolute atomic E-state index is 0.205. The number of benzene rings is 3. The molecule has 4 nitrogen and oxygen atoms in total. The molecule has 5 heteroatoms. The van der Waals surface area contributed by atoms with Crippen molar-refractivity contribution in [1.29, 1.82) is 0 Å². The van der Waals surface area contributed by atoms with Crippen LogP contribution in [0.25, 0.3) is 0 Å². The maximum absolute atomic E-state index is 12.7. The highest BCUT2D eigenvalue weighted by Crippen LogP contribution is 2.41. The van der Waals surface area contributed by atoms with Gasteiger partial charge in [0.15, 0.2) is 0 Å². The minimum atomic E-state index is -0.325. The average molecular weight is 429 g/mol. The lowest BCUT2D eigenvalue weighted by molar-refractivity contribution is 0.0649. The number of rotatable bonds is 5. The molecular formula is C26H21ClN2O2. The molecule has 0 saturated heterocycles. The van der Waals surface area contributed by atoms with Crippen LogP contribution in [-0.2, 0) is 5.41 Å². The fourth-order valence-electron chi connectivity index (χ4n) is 4.79. The lowest BCUT2D eigenvalue weighted by Gasteiger charge is -2.37. The van der Waals surface area contributed by atoms with Gasteiger partial charge in [-0.3, -0.25) is 19.5 Å². The van der Waals surface area contributed by atoms with Gasteiger partial charge >= 0.3 is 0 Å². The second kappa shape index (κ2) is 7.78. The quantitative estimate of drug-likeness (QED) is 0.528. The zero-order valence-corrected chi connectivity index (χ0v) is 17.7. The Labute approximate surface area is 186 Å². The summed E-state index contributed by atoms with van der Waals surface area (Å²) in [6, 6.07) is 23.2. The monoisotopic (exact) mass is 428 g/mol. The van der Waals surface area contributed by atoms with E-state index in [0.717, 1.165) is 17.5 Å². The largest absolute Gasteiger partial charge is 0.291 e. The second-order valence-corrected chi connectivity index (χ2v) is 8.49. The molecule has 0 aliphatic carbocycles. The van der Waals surface area contributed by atoms with Crippen LogP contribution >= 0.6 is 11.6 Å². The molecule has 2 aliphatic rings. The Morgan fingerprint density at radius 1 is 0.871 bits per heavy atom. The molecule has 2 aliphatic heterocycles. The molecule has 1 unspecified atom stereocenters. The Hall–Kier alpha value is -3.24. The predicted molar refractivity (Wildman–Crippen MR) is 122 cm³/mol. The second-order valence-electron chi connectivity index (χ2n) is 8.06. The molecular weight excluding hydrogens is 408 g/mol. The van der Waals surface area contributed by atoms with Gasteiger partial charge < -0.3 is 0 Å². The van der Waals surface area contributed by atoms with E-state index in [1.165, 1.54) is 10.5 Å². The summed E-state index contributed by atoms with van der Waals surface area (Å²) in [6.45, 7) is 1.00. The fraction of sp³-hybridized carbons (Fsp3) is 0.192. The number of fused-ring (bicyclic) bond motifs is 2. The number of amides is 2. The van der Waals surface area contributed by atoms with E-state index in [0.29, 0.717) is 35.7 Å². The van der Waals surface area contributed by atoms with Crippen LogP contribution in [0, 0.1) is 0 Å². The van der Waals surface area contributed by atoms with Crippen molar-refractivity contribution in [3.05, 3.63) is 106 Å². The van der Waals surface area contributed by atoms with E-state index in [4.69, 9.17) is 11.6 Å². The molecule has 0 saturated carbocycles. The number of carbonyl (C=O) groups excluding carboxylic acids is 2. The first kappa shape index (κ1) is 19.7. The highest BCUT2D eigenvalue weighted by Gasteiger charge is 2.39. The molecule has 0 spiro atoms. The molecule has 0 fully saturated rings. The van der Waals surface area contributed by atoms with Crippen LogP contribution < -0.4 is 0 Å². The summed E-state index contributed by atoms with van der Waals surface area (Å²) in [5, 5.41) is 0.692. The van der Waals surface area contributed by atoms with Gasteiger partial charge in [-0.1, -0.05) is 60.1 Å². The number of carbonyl (C=O) groups is 2. The third kappa shape index (κ3) is 3.28. The van der Waals surface area contributed by atoms with E-state index in [2.05, 4.69) is 29.3 Å². The SMILES string of the molecule is O=C1c2ccccc2C(=O)N1CCCC1(c2ccc(Cl)cc2)CN=Cc2ccccc21. The van der Waals surface area contributed by atoms with E-state index >= 15 is 0 Å². The molecule has 154 valence electrons. The van der Waals surface area contributed by atoms with Crippen LogP contribution in [0.4, 0.5) is 0 Å². The summed E-state index contributed by atoms with van der Waals surface area (Å²) in [7, 11) is 0. The molecule has 0 radical (unpaired) electrons. The van der Waals surface area contributed by atoms with Crippen molar-refractivity contribution >= 4 is 29.6 Å². The van der Waals surface area contributed by atoms with E-state index in [1.807, 2.05) is 30.5 Å². The van der Waals surface area contributed by atoms with E-state index in [1.54, 1.807) is 24.3 Å². The van der Waals surface area contributed by atoms with Crippen molar-refractivity contribution in [2.45, 2.75) is 18.3 Å². The number of halogens is 1. The summed E-state index contributed by atoms with van der Waals surface area (Å²) >= 11 is 6.15. The third-order valence-electron chi connectivity index (χ3n) is 6.33. The topological polar surface area (TPSA) is 49.7 Å². The number of aliphatic imine (C=N–C) groups is 1. The van der Waals surface area contributed by atoms with Gasteiger partial charge in [0, 0.05) is 23.2 Å². The Bertz CT molecular complexity index is 1170. The van der Waals surface area contributed by atoms with Crippen molar-refractivity contribution in [3.8, 4) is 0 Å². The summed E-state index contributed by atoms with van der Waals surface area (Å²) in [5.74, 6) is -0.411. The Morgan fingerprint density at radius 2 is 1.52 bits per heavy atom. The van der Waals surface area contributed by atoms with Gasteiger partial charge in [0.25, 0.3) is 11.8 Å². The van der Waals surface area contributed by atoms with Crippen molar-refractivity contribution < 1.29 is 9.59 Å². The fourth-order valence-corrected chi connectivity index (χ4v) is 4.91. The average Bonchev–Trinajstić information content (AvgIpc) is 3.05. The minimum Gasteiger partial charge on any atom is -0.291 e. The third-order valence-corrected chi connectivity index (χ3v) is 6.58. The first-order valence-corrected chi connectivity index (χ1v) is 10.8. The lowest BCUT2D eigenvalue weighted by Crippen LogP contribution is -2.37. The van der Waals surface area contributed by atoms with Crippen LogP contribution in [0.15, 0.2) is 77.8 Å². The molecule has 31 heavy (non-hydrogen) atoms. The number of nitrogens with zero attached hydrogens (tertiary/aromatic N) is 2. The Balaban J connectivity index is 1.44. The lowest BCUT2D eigenvalue weighted by atomic mass is 9.69. The zero-order chi connectivity index (χ0) is 21.4. The van der Waals surface area contributed by atoms with Crippen LogP contribution in [0.1, 0.15) is 50.2 Å². The summed E-state index contributed by atoms with van der Waals surface area (Å²) in [5.41, 5.74) is 4.12. The Kier molecular flexibility index (Phi) is 4.95. The van der Waals surface area contributed by atoms with Gasteiger partial charge in [0.2, 0.25) is 0 Å². The van der Waals surface area contributed by atoms with Gasteiger partial charge in [0.1, 0.15) is 0 Å². The van der Waals surface area contributed by atoms with Gasteiger partial charge in [-0.25, -0.2) is 0 Å². The van der Waals surface area contributed by atoms with Crippen LogP contribution in [0.3, 0.4) is 0 Å².